The van der Waals surface area contributed by atoms with Gasteiger partial charge in [-0.1, -0.05) is 24.3 Å². The first kappa shape index (κ1) is 21.9. The molecule has 3 rings (SSSR count). The molecular weight excluding hydrogens is 400 g/mol. The van der Waals surface area contributed by atoms with Crippen LogP contribution in [0.4, 0.5) is 0 Å². The second-order valence-corrected chi connectivity index (χ2v) is 6.94. The number of esters is 2. The number of aromatic amines is 1. The van der Waals surface area contributed by atoms with Gasteiger partial charge in [0.25, 0.3) is 0 Å². The van der Waals surface area contributed by atoms with Crippen molar-refractivity contribution >= 4 is 28.5 Å². The molecule has 0 radical (unpaired) electrons. The van der Waals surface area contributed by atoms with E-state index in [1.807, 2.05) is 38.1 Å². The average Bonchev–Trinajstić information content (AvgIpc) is 3.18. The molecule has 0 atom stereocenters. The summed E-state index contributed by atoms with van der Waals surface area (Å²) in [5.41, 5.74) is 3.13. The first-order valence-electron chi connectivity index (χ1n) is 9.70. The third kappa shape index (κ3) is 5.42. The molecular formula is C23H24N2O6. The zero-order chi connectivity index (χ0) is 22.4. The second-order valence-electron chi connectivity index (χ2n) is 6.94. The van der Waals surface area contributed by atoms with Crippen LogP contribution in [0, 0.1) is 13.8 Å². The minimum atomic E-state index is -0.800. The van der Waals surface area contributed by atoms with Gasteiger partial charge in [-0.25, -0.2) is 9.78 Å². The number of H-pyrrole nitrogens is 1. The Hall–Kier alpha value is -3.81. The normalized spacial score (nSPS) is 11.7. The van der Waals surface area contributed by atoms with Crippen molar-refractivity contribution < 1.29 is 28.9 Å². The van der Waals surface area contributed by atoms with Gasteiger partial charge in [0.15, 0.2) is 0 Å². The second kappa shape index (κ2) is 9.80. The fraction of sp³-hybridized carbons (Fsp3) is 0.261. The van der Waals surface area contributed by atoms with Crippen LogP contribution < -0.4 is 4.74 Å². The van der Waals surface area contributed by atoms with Crippen molar-refractivity contribution in [2.75, 3.05) is 20.3 Å². The van der Waals surface area contributed by atoms with Crippen LogP contribution in [0.25, 0.3) is 16.6 Å². The number of aromatic nitrogens is 2. The summed E-state index contributed by atoms with van der Waals surface area (Å²) < 4.78 is 15.5. The lowest BCUT2D eigenvalue weighted by Crippen LogP contribution is -2.15. The molecule has 0 saturated carbocycles. The minimum Gasteiger partial charge on any atom is -0.508 e. The summed E-state index contributed by atoms with van der Waals surface area (Å²) in [7, 11) is 1.19. The van der Waals surface area contributed by atoms with Crippen LogP contribution in [-0.4, -0.2) is 47.3 Å². The Morgan fingerprint density at radius 2 is 1.90 bits per heavy atom. The van der Waals surface area contributed by atoms with Crippen LogP contribution in [0.1, 0.15) is 23.4 Å². The average molecular weight is 424 g/mol. The Kier molecular flexibility index (Phi) is 6.92. The summed E-state index contributed by atoms with van der Waals surface area (Å²) in [5, 5.41) is 10.4. The van der Waals surface area contributed by atoms with Crippen molar-refractivity contribution in [3.8, 4) is 5.75 Å². The number of carbonyl (C=O) groups is 2. The molecule has 0 aliphatic carbocycles. The summed E-state index contributed by atoms with van der Waals surface area (Å²) in [6, 6.07) is 13.0. The molecule has 3 aromatic rings. The molecule has 0 spiro atoms. The molecule has 8 nitrogen and oxygen atoms in total. The summed E-state index contributed by atoms with van der Waals surface area (Å²) in [4.78, 5) is 31.5. The van der Waals surface area contributed by atoms with Gasteiger partial charge < -0.3 is 24.3 Å². The number of hydrogen-bond donors (Lipinski definition) is 2. The van der Waals surface area contributed by atoms with Crippen LogP contribution in [0.15, 0.2) is 48.2 Å². The number of aliphatic hydroxyl groups is 1. The van der Waals surface area contributed by atoms with Crippen molar-refractivity contribution in [3.63, 3.8) is 0 Å². The SMILES string of the molecule is COC(=O)/C(=C(/O)COC(=O)CCOc1cc(C)ccc1C)c1nc2ccccc2[nH]1. The maximum atomic E-state index is 12.2. The number of benzene rings is 2. The van der Waals surface area contributed by atoms with Gasteiger partial charge in [-0.2, -0.15) is 0 Å². The van der Waals surface area contributed by atoms with Gasteiger partial charge >= 0.3 is 11.9 Å². The number of fused-ring (bicyclic) bond motifs is 1. The van der Waals surface area contributed by atoms with E-state index >= 15 is 0 Å². The van der Waals surface area contributed by atoms with Gasteiger partial charge in [-0.3, -0.25) is 4.79 Å². The smallest absolute Gasteiger partial charge is 0.345 e. The summed E-state index contributed by atoms with van der Waals surface area (Å²) in [5.74, 6) is -1.01. The predicted molar refractivity (Wildman–Crippen MR) is 115 cm³/mol. The molecule has 2 aromatic carbocycles. The Morgan fingerprint density at radius 1 is 1.13 bits per heavy atom. The van der Waals surface area contributed by atoms with E-state index in [0.29, 0.717) is 16.8 Å². The molecule has 1 aromatic heterocycles. The Balaban J connectivity index is 1.63. The highest BCUT2D eigenvalue weighted by Gasteiger charge is 2.23. The van der Waals surface area contributed by atoms with Crippen molar-refractivity contribution in [1.29, 1.82) is 0 Å². The van der Waals surface area contributed by atoms with E-state index in [2.05, 4.69) is 9.97 Å². The zero-order valence-corrected chi connectivity index (χ0v) is 17.6. The van der Waals surface area contributed by atoms with Gasteiger partial charge in [0, 0.05) is 0 Å². The number of carbonyl (C=O) groups excluding carboxylic acids is 2. The molecule has 0 bridgehead atoms. The van der Waals surface area contributed by atoms with Gasteiger partial charge in [-0.15, -0.1) is 0 Å². The van der Waals surface area contributed by atoms with E-state index in [0.717, 1.165) is 11.1 Å². The van der Waals surface area contributed by atoms with Crippen LogP contribution in [-0.2, 0) is 19.1 Å². The largest absolute Gasteiger partial charge is 0.508 e. The maximum absolute atomic E-state index is 12.2. The van der Waals surface area contributed by atoms with E-state index in [4.69, 9.17) is 14.2 Å². The maximum Gasteiger partial charge on any atom is 0.345 e. The Morgan fingerprint density at radius 3 is 2.65 bits per heavy atom. The minimum absolute atomic E-state index is 0.0150. The third-order valence-electron chi connectivity index (χ3n) is 4.58. The number of aliphatic hydroxyl groups excluding tert-OH is 1. The molecule has 162 valence electrons. The number of nitrogens with one attached hydrogen (secondary N) is 1. The van der Waals surface area contributed by atoms with E-state index in [1.54, 1.807) is 18.2 Å². The van der Waals surface area contributed by atoms with E-state index in [-0.39, 0.29) is 24.4 Å². The van der Waals surface area contributed by atoms with Gasteiger partial charge in [0.05, 0.1) is 31.2 Å². The number of rotatable bonds is 8. The standard InChI is InChI=1S/C23H24N2O6/c1-14-8-9-15(2)19(12-14)30-11-10-20(27)31-13-18(26)21(23(28)29-3)22-24-16-6-4-5-7-17(16)25-22/h4-9,12,26H,10-11,13H2,1-3H3,(H,24,25)/b21-18+. The Bertz CT molecular complexity index is 1100. The fourth-order valence-corrected chi connectivity index (χ4v) is 2.92. The quantitative estimate of drug-likeness (QED) is 0.323. The number of para-hydroxylation sites is 2. The molecule has 0 unspecified atom stereocenters. The number of methoxy groups -OCH3 is 1. The molecule has 0 amide bonds. The van der Waals surface area contributed by atoms with Crippen molar-refractivity contribution in [1.82, 2.24) is 9.97 Å². The molecule has 0 aliphatic rings. The number of ether oxygens (including phenoxy) is 3. The van der Waals surface area contributed by atoms with E-state index < -0.39 is 24.3 Å². The number of hydrogen-bond acceptors (Lipinski definition) is 7. The van der Waals surface area contributed by atoms with Gasteiger partial charge in [0.2, 0.25) is 0 Å². The van der Waals surface area contributed by atoms with Crippen molar-refractivity contribution in [2.45, 2.75) is 20.3 Å². The van der Waals surface area contributed by atoms with Crippen LogP contribution in [0.2, 0.25) is 0 Å². The number of nitrogens with zero attached hydrogens (tertiary/aromatic N) is 1. The summed E-state index contributed by atoms with van der Waals surface area (Å²) >= 11 is 0. The van der Waals surface area contributed by atoms with Crippen molar-refractivity contribution in [3.05, 3.63) is 65.2 Å². The first-order chi connectivity index (χ1) is 14.9. The predicted octanol–water partition coefficient (Wildman–Crippen LogP) is 3.63. The lowest BCUT2D eigenvalue weighted by Gasteiger charge is -2.10. The first-order valence-corrected chi connectivity index (χ1v) is 9.70. The van der Waals surface area contributed by atoms with E-state index in [9.17, 15) is 14.7 Å². The molecule has 8 heteroatoms. The number of imidazole rings is 1. The van der Waals surface area contributed by atoms with E-state index in [1.165, 1.54) is 7.11 Å². The molecule has 2 N–H and O–H groups in total. The highest BCUT2D eigenvalue weighted by molar-refractivity contribution is 6.16. The van der Waals surface area contributed by atoms with Crippen LogP contribution >= 0.6 is 0 Å². The number of aryl methyl sites for hydroxylation is 2. The molecule has 0 aliphatic heterocycles. The highest BCUT2D eigenvalue weighted by atomic mass is 16.5. The molecule has 0 fully saturated rings. The fourth-order valence-electron chi connectivity index (χ4n) is 2.92. The summed E-state index contributed by atoms with van der Waals surface area (Å²) in [6.07, 6.45) is -0.0150. The van der Waals surface area contributed by atoms with Gasteiger partial charge in [0.1, 0.15) is 29.5 Å². The molecule has 1 heterocycles. The summed E-state index contributed by atoms with van der Waals surface area (Å²) in [6.45, 7) is 3.50. The zero-order valence-electron chi connectivity index (χ0n) is 17.6. The lowest BCUT2D eigenvalue weighted by atomic mass is 10.1. The van der Waals surface area contributed by atoms with Gasteiger partial charge in [-0.05, 0) is 43.2 Å². The van der Waals surface area contributed by atoms with Crippen LogP contribution in [0.5, 0.6) is 5.75 Å². The third-order valence-corrected chi connectivity index (χ3v) is 4.58. The lowest BCUT2D eigenvalue weighted by molar-refractivity contribution is -0.144. The molecule has 31 heavy (non-hydrogen) atoms. The van der Waals surface area contributed by atoms with Crippen molar-refractivity contribution in [2.24, 2.45) is 0 Å². The Labute approximate surface area is 179 Å². The van der Waals surface area contributed by atoms with Crippen LogP contribution in [0.3, 0.4) is 0 Å². The molecule has 0 saturated heterocycles. The topological polar surface area (TPSA) is 111 Å². The highest BCUT2D eigenvalue weighted by Crippen LogP contribution is 2.21. The monoisotopic (exact) mass is 424 g/mol.